The molecule has 0 spiro atoms. The van der Waals surface area contributed by atoms with E-state index in [2.05, 4.69) is 28.7 Å². The second-order valence-corrected chi connectivity index (χ2v) is 4.85. The van der Waals surface area contributed by atoms with E-state index < -0.39 is 5.97 Å². The molecule has 92 valence electrons. The lowest BCUT2D eigenvalue weighted by molar-refractivity contribution is 0.0690. The Hall–Kier alpha value is -1.65. The average Bonchev–Trinajstić information content (AvgIpc) is 3.09. The first kappa shape index (κ1) is 11.8. The monoisotopic (exact) mass is 235 g/mol. The van der Waals surface area contributed by atoms with Crippen LogP contribution in [0.1, 0.15) is 37.2 Å². The van der Waals surface area contributed by atoms with Crippen molar-refractivity contribution in [2.24, 2.45) is 5.92 Å². The number of aromatic carboxylic acids is 1. The second kappa shape index (κ2) is 4.69. The fourth-order valence-electron chi connectivity index (χ4n) is 1.81. The molecule has 17 heavy (non-hydrogen) atoms. The molecule has 1 aliphatic rings. The average molecular weight is 235 g/mol. The summed E-state index contributed by atoms with van der Waals surface area (Å²) >= 11 is 0. The second-order valence-electron chi connectivity index (χ2n) is 4.85. The summed E-state index contributed by atoms with van der Waals surface area (Å²) < 4.78 is 0. The van der Waals surface area contributed by atoms with Crippen molar-refractivity contribution in [2.45, 2.75) is 32.7 Å². The first-order valence-electron chi connectivity index (χ1n) is 5.90. The van der Waals surface area contributed by atoms with Gasteiger partial charge in [0, 0.05) is 12.6 Å². The molecule has 1 aromatic rings. The third kappa shape index (κ3) is 2.93. The minimum atomic E-state index is -1.03. The molecule has 0 aliphatic heterocycles. The van der Waals surface area contributed by atoms with Crippen LogP contribution in [0.3, 0.4) is 0 Å². The minimum absolute atomic E-state index is 0.0110. The first-order chi connectivity index (χ1) is 8.08. The molecular formula is C12H17N3O2. The lowest BCUT2D eigenvalue weighted by Gasteiger charge is -2.25. The van der Waals surface area contributed by atoms with E-state index in [4.69, 9.17) is 5.11 Å². The molecule has 0 unspecified atom stereocenters. The zero-order valence-corrected chi connectivity index (χ0v) is 10.1. The summed E-state index contributed by atoms with van der Waals surface area (Å²) in [6.07, 6.45) is 5.25. The number of nitrogens with zero attached hydrogens (tertiary/aromatic N) is 3. The molecule has 1 aromatic heterocycles. The molecule has 0 saturated heterocycles. The number of hydrogen-bond acceptors (Lipinski definition) is 4. The van der Waals surface area contributed by atoms with Crippen molar-refractivity contribution < 1.29 is 9.90 Å². The lowest BCUT2D eigenvalue weighted by atomic mass is 10.2. The number of hydrogen-bond donors (Lipinski definition) is 1. The summed E-state index contributed by atoms with van der Waals surface area (Å²) in [6, 6.07) is 0.510. The van der Waals surface area contributed by atoms with Gasteiger partial charge in [0.05, 0.1) is 12.4 Å². The molecule has 1 saturated carbocycles. The predicted octanol–water partition coefficient (Wildman–Crippen LogP) is 1.80. The van der Waals surface area contributed by atoms with Crippen LogP contribution >= 0.6 is 0 Å². The van der Waals surface area contributed by atoms with E-state index in [1.807, 2.05) is 0 Å². The quantitative estimate of drug-likeness (QED) is 0.843. The summed E-state index contributed by atoms with van der Waals surface area (Å²) in [4.78, 5) is 21.1. The SMILES string of the molecule is CC(C)CN(c1cncc(C(=O)O)n1)C1CC1. The van der Waals surface area contributed by atoms with Gasteiger partial charge in [-0.2, -0.15) is 0 Å². The van der Waals surface area contributed by atoms with Crippen LogP contribution in [-0.4, -0.2) is 33.6 Å². The Morgan fingerprint density at radius 2 is 2.24 bits per heavy atom. The zero-order chi connectivity index (χ0) is 12.4. The van der Waals surface area contributed by atoms with Gasteiger partial charge in [0.15, 0.2) is 5.69 Å². The first-order valence-corrected chi connectivity index (χ1v) is 5.90. The molecule has 1 heterocycles. The van der Waals surface area contributed by atoms with Crippen LogP contribution in [0, 0.1) is 5.92 Å². The Morgan fingerprint density at radius 1 is 1.53 bits per heavy atom. The Morgan fingerprint density at radius 3 is 2.76 bits per heavy atom. The van der Waals surface area contributed by atoms with Crippen LogP contribution < -0.4 is 4.90 Å². The third-order valence-corrected chi connectivity index (χ3v) is 2.68. The molecule has 0 radical (unpaired) electrons. The molecule has 1 fully saturated rings. The summed E-state index contributed by atoms with van der Waals surface area (Å²) in [5.74, 6) is 0.173. The predicted molar refractivity (Wildman–Crippen MR) is 64.2 cm³/mol. The largest absolute Gasteiger partial charge is 0.476 e. The number of anilines is 1. The Kier molecular flexibility index (Phi) is 3.26. The van der Waals surface area contributed by atoms with Crippen molar-refractivity contribution in [3.63, 3.8) is 0 Å². The van der Waals surface area contributed by atoms with Gasteiger partial charge in [-0.25, -0.2) is 9.78 Å². The van der Waals surface area contributed by atoms with Gasteiger partial charge in [-0.1, -0.05) is 13.8 Å². The molecule has 1 N–H and O–H groups in total. The normalized spacial score (nSPS) is 15.0. The molecule has 5 heteroatoms. The van der Waals surface area contributed by atoms with Gasteiger partial charge in [0.25, 0.3) is 0 Å². The number of carbonyl (C=O) groups is 1. The third-order valence-electron chi connectivity index (χ3n) is 2.68. The van der Waals surface area contributed by atoms with E-state index in [-0.39, 0.29) is 5.69 Å². The highest BCUT2D eigenvalue weighted by Crippen LogP contribution is 2.31. The van der Waals surface area contributed by atoms with Crippen LogP contribution in [-0.2, 0) is 0 Å². The van der Waals surface area contributed by atoms with Crippen LogP contribution in [0.15, 0.2) is 12.4 Å². The maximum Gasteiger partial charge on any atom is 0.356 e. The van der Waals surface area contributed by atoms with Crippen molar-refractivity contribution in [1.29, 1.82) is 0 Å². The summed E-state index contributed by atoms with van der Waals surface area (Å²) in [5, 5.41) is 8.91. The van der Waals surface area contributed by atoms with Crippen molar-refractivity contribution >= 4 is 11.8 Å². The number of carboxylic acids is 1. The summed E-state index contributed by atoms with van der Waals surface area (Å²) in [6.45, 7) is 5.18. The van der Waals surface area contributed by atoms with Gasteiger partial charge in [0.1, 0.15) is 5.82 Å². The Labute approximate surface area is 100 Å². The fraction of sp³-hybridized carbons (Fsp3) is 0.583. The number of aromatic nitrogens is 2. The van der Waals surface area contributed by atoms with Gasteiger partial charge in [-0.05, 0) is 18.8 Å². The molecule has 2 rings (SSSR count). The van der Waals surface area contributed by atoms with Crippen LogP contribution in [0.2, 0.25) is 0 Å². The van der Waals surface area contributed by atoms with Crippen LogP contribution in [0.25, 0.3) is 0 Å². The van der Waals surface area contributed by atoms with Crippen molar-refractivity contribution in [2.75, 3.05) is 11.4 Å². The highest BCUT2D eigenvalue weighted by molar-refractivity contribution is 5.85. The van der Waals surface area contributed by atoms with E-state index >= 15 is 0 Å². The van der Waals surface area contributed by atoms with Crippen LogP contribution in [0.5, 0.6) is 0 Å². The Balaban J connectivity index is 2.22. The zero-order valence-electron chi connectivity index (χ0n) is 10.1. The van der Waals surface area contributed by atoms with E-state index in [9.17, 15) is 4.79 Å². The minimum Gasteiger partial charge on any atom is -0.476 e. The molecule has 0 aromatic carbocycles. The van der Waals surface area contributed by atoms with Gasteiger partial charge in [0.2, 0.25) is 0 Å². The summed E-state index contributed by atoms with van der Waals surface area (Å²) in [7, 11) is 0. The van der Waals surface area contributed by atoms with E-state index in [1.165, 1.54) is 6.20 Å². The van der Waals surface area contributed by atoms with Crippen molar-refractivity contribution in [3.05, 3.63) is 18.1 Å². The maximum atomic E-state index is 10.9. The topological polar surface area (TPSA) is 66.3 Å². The van der Waals surface area contributed by atoms with E-state index in [0.29, 0.717) is 17.8 Å². The smallest absolute Gasteiger partial charge is 0.356 e. The van der Waals surface area contributed by atoms with Crippen molar-refractivity contribution in [1.82, 2.24) is 9.97 Å². The van der Waals surface area contributed by atoms with Gasteiger partial charge in [-0.15, -0.1) is 0 Å². The van der Waals surface area contributed by atoms with Crippen molar-refractivity contribution in [3.8, 4) is 0 Å². The van der Waals surface area contributed by atoms with Gasteiger partial charge < -0.3 is 10.0 Å². The molecular weight excluding hydrogens is 218 g/mol. The van der Waals surface area contributed by atoms with Gasteiger partial charge >= 0.3 is 5.97 Å². The number of carboxylic acid groups (broad SMARTS) is 1. The highest BCUT2D eigenvalue weighted by atomic mass is 16.4. The Bertz CT molecular complexity index is 416. The van der Waals surface area contributed by atoms with Gasteiger partial charge in [-0.3, -0.25) is 4.98 Å². The van der Waals surface area contributed by atoms with E-state index in [1.54, 1.807) is 6.20 Å². The molecule has 0 bridgehead atoms. The maximum absolute atomic E-state index is 10.9. The van der Waals surface area contributed by atoms with Crippen LogP contribution in [0.4, 0.5) is 5.82 Å². The lowest BCUT2D eigenvalue weighted by Crippen LogP contribution is -2.31. The molecule has 0 amide bonds. The van der Waals surface area contributed by atoms with E-state index in [0.717, 1.165) is 19.4 Å². The summed E-state index contributed by atoms with van der Waals surface area (Å²) in [5.41, 5.74) is 0.0110. The fourth-order valence-corrected chi connectivity index (χ4v) is 1.81. The molecule has 1 aliphatic carbocycles. The number of rotatable bonds is 5. The molecule has 0 atom stereocenters. The molecule has 5 nitrogen and oxygen atoms in total. The highest BCUT2D eigenvalue weighted by Gasteiger charge is 2.30. The standard InChI is InChI=1S/C12H17N3O2/c1-8(2)7-15(9-3-4-9)11-6-13-5-10(14-11)12(16)17/h5-6,8-9H,3-4,7H2,1-2H3,(H,16,17).